The molecule has 0 bridgehead atoms. The molecule has 12 nitrogen and oxygen atoms in total. The SMILES string of the molecule is CCS(=O)(=O)N=C1C=CC(Nc2nc(NC)c(-c3cncc4c3ncn4C)nc2C(N)=O)=CC1. The van der Waals surface area contributed by atoms with Gasteiger partial charge in [-0.25, -0.2) is 23.4 Å². The van der Waals surface area contributed by atoms with Crippen LogP contribution >= 0.6 is 0 Å². The summed E-state index contributed by atoms with van der Waals surface area (Å²) < 4.78 is 29.0. The second-order valence-electron chi connectivity index (χ2n) is 7.42. The van der Waals surface area contributed by atoms with Crippen LogP contribution in [-0.2, 0) is 17.1 Å². The number of fused-ring (bicyclic) bond motifs is 1. The summed E-state index contributed by atoms with van der Waals surface area (Å²) in [5.74, 6) is -0.294. The highest BCUT2D eigenvalue weighted by Crippen LogP contribution is 2.32. The van der Waals surface area contributed by atoms with Crippen molar-refractivity contribution in [1.82, 2.24) is 24.5 Å². The van der Waals surface area contributed by atoms with Gasteiger partial charge in [0.25, 0.3) is 15.9 Å². The molecule has 4 N–H and O–H groups in total. The molecule has 1 aliphatic carbocycles. The molecule has 0 unspecified atom stereocenters. The number of carbonyl (C=O) groups excluding carboxylic acids is 1. The van der Waals surface area contributed by atoms with Crippen molar-refractivity contribution in [3.63, 3.8) is 0 Å². The minimum Gasteiger partial charge on any atom is -0.371 e. The van der Waals surface area contributed by atoms with Crippen LogP contribution in [0.15, 0.2) is 47.0 Å². The van der Waals surface area contributed by atoms with Crippen LogP contribution in [0.4, 0.5) is 11.6 Å². The molecule has 0 spiro atoms. The van der Waals surface area contributed by atoms with Gasteiger partial charge in [-0.1, -0.05) is 6.08 Å². The van der Waals surface area contributed by atoms with Gasteiger partial charge in [0.2, 0.25) is 0 Å². The van der Waals surface area contributed by atoms with Gasteiger partial charge in [-0.05, 0) is 19.1 Å². The van der Waals surface area contributed by atoms with E-state index in [2.05, 4.69) is 35.0 Å². The summed E-state index contributed by atoms with van der Waals surface area (Å²) >= 11 is 0. The number of anilines is 2. The number of nitrogens with one attached hydrogen (secondary N) is 2. The van der Waals surface area contributed by atoms with E-state index in [0.29, 0.717) is 40.4 Å². The first-order chi connectivity index (χ1) is 16.2. The number of allylic oxidation sites excluding steroid dienone is 3. The van der Waals surface area contributed by atoms with Gasteiger partial charge in [0.1, 0.15) is 11.2 Å². The van der Waals surface area contributed by atoms with Crippen molar-refractivity contribution in [3.8, 4) is 11.3 Å². The van der Waals surface area contributed by atoms with Gasteiger partial charge in [-0.3, -0.25) is 9.78 Å². The maximum Gasteiger partial charge on any atom is 0.271 e. The highest BCUT2D eigenvalue weighted by atomic mass is 32.2. The van der Waals surface area contributed by atoms with E-state index < -0.39 is 15.9 Å². The fourth-order valence-electron chi connectivity index (χ4n) is 3.35. The molecule has 4 rings (SSSR count). The Morgan fingerprint density at radius 1 is 1.24 bits per heavy atom. The van der Waals surface area contributed by atoms with E-state index in [-0.39, 0.29) is 17.3 Å². The summed E-state index contributed by atoms with van der Waals surface area (Å²) in [4.78, 5) is 30.0. The maximum atomic E-state index is 12.3. The topological polar surface area (TPSA) is 170 Å². The Kier molecular flexibility index (Phi) is 6.11. The Morgan fingerprint density at radius 2 is 2.03 bits per heavy atom. The van der Waals surface area contributed by atoms with Crippen LogP contribution in [-0.4, -0.2) is 57.3 Å². The summed E-state index contributed by atoms with van der Waals surface area (Å²) in [5, 5.41) is 6.04. The molecule has 3 aromatic rings. The number of aryl methyl sites for hydroxylation is 1. The molecular weight excluding hydrogens is 458 g/mol. The van der Waals surface area contributed by atoms with Crippen molar-refractivity contribution < 1.29 is 13.2 Å². The zero-order chi connectivity index (χ0) is 24.5. The van der Waals surface area contributed by atoms with Crippen LogP contribution in [0.25, 0.3) is 22.3 Å². The Bertz CT molecular complexity index is 1490. The molecule has 0 atom stereocenters. The normalized spacial score (nSPS) is 14.9. The number of imidazole rings is 1. The van der Waals surface area contributed by atoms with Gasteiger partial charge in [-0.2, -0.15) is 4.40 Å². The number of hydrogen-bond donors (Lipinski definition) is 3. The average molecular weight is 482 g/mol. The lowest BCUT2D eigenvalue weighted by molar-refractivity contribution is 0.0996. The average Bonchev–Trinajstić information content (AvgIpc) is 3.20. The molecule has 0 saturated carbocycles. The summed E-state index contributed by atoms with van der Waals surface area (Å²) in [6.45, 7) is 1.53. The Hall–Kier alpha value is -4.13. The molecule has 0 saturated heterocycles. The zero-order valence-electron chi connectivity index (χ0n) is 18.8. The lowest BCUT2D eigenvalue weighted by atomic mass is 10.1. The third-order valence-electron chi connectivity index (χ3n) is 5.13. The zero-order valence-corrected chi connectivity index (χ0v) is 19.6. The monoisotopic (exact) mass is 481 g/mol. The molecule has 176 valence electrons. The molecule has 13 heteroatoms. The molecule has 34 heavy (non-hydrogen) atoms. The van der Waals surface area contributed by atoms with Crippen LogP contribution in [0, 0.1) is 0 Å². The summed E-state index contributed by atoms with van der Waals surface area (Å²) in [7, 11) is 0.0539. The van der Waals surface area contributed by atoms with E-state index in [0.717, 1.165) is 5.52 Å². The number of nitrogens with zero attached hydrogens (tertiary/aromatic N) is 6. The molecule has 3 aromatic heterocycles. The number of hydrogen-bond acceptors (Lipinski definition) is 9. The molecule has 3 heterocycles. The number of nitrogens with two attached hydrogens (primary N) is 1. The smallest absolute Gasteiger partial charge is 0.271 e. The van der Waals surface area contributed by atoms with E-state index in [4.69, 9.17) is 5.73 Å². The predicted octanol–water partition coefficient (Wildman–Crippen LogP) is 1.61. The van der Waals surface area contributed by atoms with Gasteiger partial charge < -0.3 is 20.9 Å². The number of rotatable bonds is 7. The van der Waals surface area contributed by atoms with E-state index in [1.54, 1.807) is 44.0 Å². The van der Waals surface area contributed by atoms with Crippen LogP contribution in [0.2, 0.25) is 0 Å². The number of pyridine rings is 1. The van der Waals surface area contributed by atoms with Crippen LogP contribution < -0.4 is 16.4 Å². The largest absolute Gasteiger partial charge is 0.371 e. The summed E-state index contributed by atoms with van der Waals surface area (Å²) in [6.07, 6.45) is 10.2. The van der Waals surface area contributed by atoms with Crippen molar-refractivity contribution in [2.45, 2.75) is 13.3 Å². The summed E-state index contributed by atoms with van der Waals surface area (Å²) in [5.41, 5.74) is 8.99. The standard InChI is InChI=1S/C21H23N9O3S/c1-4-34(32,33)29-13-7-5-12(6-8-13)26-21-18(19(22)31)27-17(20(23-2)28-21)14-9-24-10-15-16(14)25-11-30(15)3/h5-7,9-11H,4,8H2,1-3H3,(H2,22,31)(H2,23,26,28). The Morgan fingerprint density at radius 3 is 2.68 bits per heavy atom. The summed E-state index contributed by atoms with van der Waals surface area (Å²) in [6, 6.07) is 0. The number of sulfonamides is 1. The van der Waals surface area contributed by atoms with Gasteiger partial charge in [-0.15, -0.1) is 0 Å². The van der Waals surface area contributed by atoms with Crippen molar-refractivity contribution >= 4 is 44.3 Å². The first-order valence-electron chi connectivity index (χ1n) is 10.3. The molecule has 0 fully saturated rings. The predicted molar refractivity (Wildman–Crippen MR) is 130 cm³/mol. The first kappa shape index (κ1) is 23.0. The maximum absolute atomic E-state index is 12.3. The van der Waals surface area contributed by atoms with E-state index in [9.17, 15) is 13.2 Å². The Balaban J connectivity index is 1.72. The third kappa shape index (κ3) is 4.50. The first-order valence-corrected chi connectivity index (χ1v) is 11.9. The molecule has 0 aromatic carbocycles. The second kappa shape index (κ2) is 9.02. The minimum atomic E-state index is -3.48. The second-order valence-corrected chi connectivity index (χ2v) is 9.34. The third-order valence-corrected chi connectivity index (χ3v) is 6.37. The highest BCUT2D eigenvalue weighted by molar-refractivity contribution is 7.90. The van der Waals surface area contributed by atoms with E-state index in [1.165, 1.54) is 6.92 Å². The van der Waals surface area contributed by atoms with Crippen molar-refractivity contribution in [1.29, 1.82) is 0 Å². The van der Waals surface area contributed by atoms with Crippen LogP contribution in [0.1, 0.15) is 23.8 Å². The Labute approximate surface area is 195 Å². The van der Waals surface area contributed by atoms with E-state index in [1.807, 2.05) is 11.6 Å². The fourth-order valence-corrected chi connectivity index (χ4v) is 3.97. The number of aromatic nitrogens is 5. The number of amides is 1. The highest BCUT2D eigenvalue weighted by Gasteiger charge is 2.21. The van der Waals surface area contributed by atoms with Crippen LogP contribution in [0.5, 0.6) is 0 Å². The van der Waals surface area contributed by atoms with Crippen LogP contribution in [0.3, 0.4) is 0 Å². The molecular formula is C21H23N9O3S. The van der Waals surface area contributed by atoms with Crippen molar-refractivity contribution in [2.75, 3.05) is 23.4 Å². The number of carbonyl (C=O) groups is 1. The minimum absolute atomic E-state index is 0.0655. The van der Waals surface area contributed by atoms with Gasteiger partial charge in [0.15, 0.2) is 17.3 Å². The van der Waals surface area contributed by atoms with Gasteiger partial charge >= 0.3 is 0 Å². The number of primary amides is 1. The van der Waals surface area contributed by atoms with Crippen molar-refractivity contribution in [3.05, 3.63) is 48.3 Å². The lowest BCUT2D eigenvalue weighted by Gasteiger charge is -2.16. The fraction of sp³-hybridized carbons (Fsp3) is 0.238. The molecule has 1 amide bonds. The molecule has 0 radical (unpaired) electrons. The van der Waals surface area contributed by atoms with Gasteiger partial charge in [0, 0.05) is 32.4 Å². The van der Waals surface area contributed by atoms with E-state index >= 15 is 0 Å². The quantitative estimate of drug-likeness (QED) is 0.453. The molecule has 0 aliphatic heterocycles. The van der Waals surface area contributed by atoms with Gasteiger partial charge in [0.05, 0.1) is 35.1 Å². The van der Waals surface area contributed by atoms with Crippen molar-refractivity contribution in [2.24, 2.45) is 17.2 Å². The molecule has 1 aliphatic rings. The lowest BCUT2D eigenvalue weighted by Crippen LogP contribution is -2.19.